The second-order valence-corrected chi connectivity index (χ2v) is 8.16. The van der Waals surface area contributed by atoms with E-state index in [1.807, 2.05) is 60.3 Å². The molecule has 2 aromatic carbocycles. The molecular weight excluding hydrogens is 414 g/mol. The van der Waals surface area contributed by atoms with E-state index in [-0.39, 0.29) is 10.3 Å². The molecule has 0 bridgehead atoms. The largest absolute Gasteiger partial charge is 0.297 e. The maximum absolute atomic E-state index is 12.9. The first kappa shape index (κ1) is 18.8. The molecule has 0 fully saturated rings. The van der Waals surface area contributed by atoms with Crippen LogP contribution in [0, 0.1) is 11.7 Å². The first-order chi connectivity index (χ1) is 14.6. The molecule has 5 rings (SSSR count). The van der Waals surface area contributed by atoms with E-state index in [0.29, 0.717) is 16.7 Å². The molecule has 8 heteroatoms. The number of H-pyrrole nitrogens is 2. The van der Waals surface area contributed by atoms with Gasteiger partial charge in [-0.1, -0.05) is 30.3 Å². The number of pyridine rings is 1. The van der Waals surface area contributed by atoms with Crippen molar-refractivity contribution in [1.82, 2.24) is 24.7 Å². The third kappa shape index (κ3) is 2.96. The van der Waals surface area contributed by atoms with Gasteiger partial charge >= 0.3 is 0 Å². The first-order valence-corrected chi connectivity index (χ1v) is 11.0. The van der Waals surface area contributed by atoms with Crippen molar-refractivity contribution in [2.75, 3.05) is 6.26 Å². The van der Waals surface area contributed by atoms with Gasteiger partial charge in [-0.15, -0.1) is 11.8 Å². The predicted molar refractivity (Wildman–Crippen MR) is 124 cm³/mol. The van der Waals surface area contributed by atoms with Crippen molar-refractivity contribution in [1.29, 1.82) is 0 Å². The molecule has 3 aromatic heterocycles. The van der Waals surface area contributed by atoms with E-state index in [9.17, 15) is 4.79 Å². The summed E-state index contributed by atoms with van der Waals surface area (Å²) in [6.07, 6.45) is 2.04. The van der Waals surface area contributed by atoms with Crippen LogP contribution in [0.1, 0.15) is 5.69 Å². The van der Waals surface area contributed by atoms with Crippen molar-refractivity contribution in [2.24, 2.45) is 0 Å². The number of hydrogen-bond donors (Lipinski definition) is 2. The molecule has 0 aliphatic carbocycles. The summed E-state index contributed by atoms with van der Waals surface area (Å²) in [5, 5.41) is 4.72. The summed E-state index contributed by atoms with van der Waals surface area (Å²) in [5.74, 6) is 0. The van der Waals surface area contributed by atoms with Crippen LogP contribution >= 0.6 is 24.0 Å². The van der Waals surface area contributed by atoms with Gasteiger partial charge in [-0.25, -0.2) is 9.67 Å². The molecule has 5 aromatic rings. The van der Waals surface area contributed by atoms with Crippen molar-refractivity contribution >= 4 is 46.0 Å². The molecule has 0 spiro atoms. The molecule has 3 heterocycles. The molecule has 6 nitrogen and oxygen atoms in total. The molecule has 0 unspecified atom stereocenters. The van der Waals surface area contributed by atoms with Gasteiger partial charge in [0.15, 0.2) is 11.3 Å². The van der Waals surface area contributed by atoms with Crippen LogP contribution in [-0.2, 0) is 0 Å². The number of benzene rings is 2. The summed E-state index contributed by atoms with van der Waals surface area (Å²) in [5.41, 5.74) is 4.33. The number of thioether (sulfide) groups is 1. The topological polar surface area (TPSA) is 79.4 Å². The Balaban J connectivity index is 1.97. The SMILES string of the molecule is CSc1ccc(-c2c3c(C)[nH]n(-c4ccccc4)c3nc3nc(=S)[nH]c(=O)c23)cc1. The van der Waals surface area contributed by atoms with Crippen molar-refractivity contribution < 1.29 is 0 Å². The average molecular weight is 432 g/mol. The van der Waals surface area contributed by atoms with Crippen LogP contribution in [0.5, 0.6) is 0 Å². The molecular formula is C22H17N5OS2. The van der Waals surface area contributed by atoms with Crippen molar-refractivity contribution in [3.05, 3.63) is 75.4 Å². The highest BCUT2D eigenvalue weighted by Gasteiger charge is 2.20. The lowest BCUT2D eigenvalue weighted by molar-refractivity contribution is 0.878. The molecule has 30 heavy (non-hydrogen) atoms. The number of rotatable bonds is 3. The van der Waals surface area contributed by atoms with E-state index in [0.717, 1.165) is 32.8 Å². The van der Waals surface area contributed by atoms with Gasteiger partial charge in [0.05, 0.1) is 11.1 Å². The minimum atomic E-state index is -0.282. The minimum Gasteiger partial charge on any atom is -0.297 e. The Labute approximate surface area is 181 Å². The van der Waals surface area contributed by atoms with Gasteiger partial charge in [0.1, 0.15) is 0 Å². The van der Waals surface area contributed by atoms with E-state index in [4.69, 9.17) is 17.2 Å². The summed E-state index contributed by atoms with van der Waals surface area (Å²) in [4.78, 5) is 25.8. The molecule has 0 amide bonds. The molecule has 0 aliphatic rings. The van der Waals surface area contributed by atoms with Gasteiger partial charge < -0.3 is 0 Å². The highest BCUT2D eigenvalue weighted by Crippen LogP contribution is 2.36. The Kier molecular flexibility index (Phi) is 4.52. The van der Waals surface area contributed by atoms with Gasteiger partial charge in [0.2, 0.25) is 4.77 Å². The Morgan fingerprint density at radius 2 is 1.73 bits per heavy atom. The van der Waals surface area contributed by atoms with Gasteiger partial charge in [0.25, 0.3) is 5.56 Å². The number of nitrogens with one attached hydrogen (secondary N) is 2. The van der Waals surface area contributed by atoms with Crippen molar-refractivity contribution in [3.63, 3.8) is 0 Å². The number of aryl methyl sites for hydroxylation is 1. The van der Waals surface area contributed by atoms with Crippen molar-refractivity contribution in [3.8, 4) is 16.8 Å². The summed E-state index contributed by atoms with van der Waals surface area (Å²) in [7, 11) is 0. The number of hydrogen-bond acceptors (Lipinski definition) is 5. The Hall–Kier alpha value is -3.23. The Morgan fingerprint density at radius 1 is 1.00 bits per heavy atom. The van der Waals surface area contributed by atoms with E-state index in [1.54, 1.807) is 11.8 Å². The van der Waals surface area contributed by atoms with Gasteiger partial charge in [-0.2, -0.15) is 4.98 Å². The summed E-state index contributed by atoms with van der Waals surface area (Å²) in [6, 6.07) is 18.1. The molecule has 0 aliphatic heterocycles. The summed E-state index contributed by atoms with van der Waals surface area (Å²) < 4.78 is 2.04. The van der Waals surface area contributed by atoms with Crippen molar-refractivity contribution in [2.45, 2.75) is 11.8 Å². The van der Waals surface area contributed by atoms with Gasteiger partial charge in [-0.3, -0.25) is 14.9 Å². The lowest BCUT2D eigenvalue weighted by atomic mass is 9.99. The third-order valence-electron chi connectivity index (χ3n) is 5.07. The van der Waals surface area contributed by atoms with E-state index in [1.165, 1.54) is 0 Å². The standard InChI is InChI=1S/C22H17N5OS2/c1-12-16-17(13-8-10-15(30-2)11-9-13)18-19(24-22(29)25-21(18)28)23-20(16)27(26-12)14-6-4-3-5-7-14/h3-11,26H,1-2H3,(H,25,28,29). The number of fused-ring (bicyclic) bond motifs is 2. The van der Waals surface area contributed by atoms with Crippen LogP contribution < -0.4 is 5.56 Å². The van der Waals surface area contributed by atoms with Crippen LogP contribution in [0.4, 0.5) is 0 Å². The maximum Gasteiger partial charge on any atom is 0.261 e. The fourth-order valence-corrected chi connectivity index (χ4v) is 4.33. The molecule has 0 saturated heterocycles. The van der Waals surface area contributed by atoms with Gasteiger partial charge in [-0.05, 0) is 55.2 Å². The van der Waals surface area contributed by atoms with E-state index < -0.39 is 0 Å². The van der Waals surface area contributed by atoms with E-state index >= 15 is 0 Å². The Bertz CT molecular complexity index is 1520. The fourth-order valence-electron chi connectivity index (χ4n) is 3.74. The molecule has 0 saturated carbocycles. The smallest absolute Gasteiger partial charge is 0.261 e. The molecule has 0 radical (unpaired) electrons. The predicted octanol–water partition coefficient (Wildman–Crippen LogP) is 5.02. The summed E-state index contributed by atoms with van der Waals surface area (Å²) >= 11 is 6.82. The highest BCUT2D eigenvalue weighted by molar-refractivity contribution is 7.98. The maximum atomic E-state index is 12.9. The van der Waals surface area contributed by atoms with Crippen LogP contribution in [0.15, 0.2) is 64.3 Å². The number of para-hydroxylation sites is 1. The molecule has 2 N–H and O–H groups in total. The van der Waals surface area contributed by atoms with Crippen LogP contribution in [0.25, 0.3) is 38.9 Å². The second-order valence-electron chi connectivity index (χ2n) is 6.89. The number of nitrogens with zero attached hydrogens (tertiary/aromatic N) is 3. The average Bonchev–Trinajstić information content (AvgIpc) is 3.09. The zero-order chi connectivity index (χ0) is 20.8. The van der Waals surface area contributed by atoms with E-state index in [2.05, 4.69) is 27.2 Å². The fraction of sp³-hybridized carbons (Fsp3) is 0.0909. The highest BCUT2D eigenvalue weighted by atomic mass is 32.2. The minimum absolute atomic E-state index is 0.126. The summed E-state index contributed by atoms with van der Waals surface area (Å²) in [6.45, 7) is 1.98. The lowest BCUT2D eigenvalue weighted by Crippen LogP contribution is -2.11. The first-order valence-electron chi connectivity index (χ1n) is 9.32. The van der Waals surface area contributed by atoms with Crippen LogP contribution in [-0.4, -0.2) is 31.0 Å². The Morgan fingerprint density at radius 3 is 2.43 bits per heavy atom. The van der Waals surface area contributed by atoms with Gasteiger partial charge in [0, 0.05) is 21.5 Å². The quantitative estimate of drug-likeness (QED) is 0.310. The van der Waals surface area contributed by atoms with Crippen LogP contribution in [0.3, 0.4) is 0 Å². The monoisotopic (exact) mass is 431 g/mol. The number of aromatic nitrogens is 5. The molecule has 148 valence electrons. The third-order valence-corrected chi connectivity index (χ3v) is 6.01. The lowest BCUT2D eigenvalue weighted by Gasteiger charge is -2.10. The molecule has 0 atom stereocenters. The number of aromatic amines is 2. The zero-order valence-electron chi connectivity index (χ0n) is 16.3. The second kappa shape index (κ2) is 7.23. The normalized spacial score (nSPS) is 11.4. The zero-order valence-corrected chi connectivity index (χ0v) is 17.9. The van der Waals surface area contributed by atoms with Crippen LogP contribution in [0.2, 0.25) is 0 Å².